The van der Waals surface area contributed by atoms with Crippen molar-refractivity contribution in [1.82, 2.24) is 39.8 Å². The SMILES string of the molecule is C[C@@H](N)C(=O)OCC(=O)N1CC[C@H](Oc2ccc(-c3cc(NC(=O)C4CC4)ccn3)cc2C#N)C(F)(F)C1.C[C@H](N)C(=O)OCC(=O)N1CC[C@H](Oc2ccc(-c3cc(NC(=O)C4CC4)ccn3)cc2C#N)C(F)(F)C1.Cc1nnc([C@@H]2C[C@H]2C(=O)Nc2cccc(-c3ccc(O[C@H]4CCN(C(=O)CO)C[C@H]4F)c(C#N)c3)c2)o1.N#Cc1cc(-c2cccc(NC(=O)C3CC3)c2)ccc1O[C@H]1CCN(C(=O)[C@@H](O)CO)CC1(F)F. The van der Waals surface area contributed by atoms with Crippen molar-refractivity contribution in [3.63, 3.8) is 0 Å². The number of rotatable bonds is 30. The average molecular weight is 2060 g/mol. The summed E-state index contributed by atoms with van der Waals surface area (Å²) in [5.74, 6) is -14.2. The van der Waals surface area contributed by atoms with E-state index in [9.17, 15) is 105 Å². The number of alkyl halides is 7. The number of nitriles is 4. The Hall–Kier alpha value is -16.1. The van der Waals surface area contributed by atoms with Crippen LogP contribution in [0.4, 0.5) is 53.5 Å². The van der Waals surface area contributed by atoms with Gasteiger partial charge in [0.2, 0.25) is 41.3 Å². The van der Waals surface area contributed by atoms with E-state index in [0.29, 0.717) is 69.0 Å². The van der Waals surface area contributed by atoms with Gasteiger partial charge in [-0.3, -0.25) is 57.9 Å². The first kappa shape index (κ1) is 109. The summed E-state index contributed by atoms with van der Waals surface area (Å²) in [5, 5.41) is 85.3. The van der Waals surface area contributed by atoms with Crippen LogP contribution in [-0.2, 0) is 57.4 Å². The first-order chi connectivity index (χ1) is 71.2. The Kier molecular flexibility index (Phi) is 35.0. The number of pyridine rings is 2. The number of esters is 2. The highest BCUT2D eigenvalue weighted by Gasteiger charge is 2.53. The fourth-order valence-corrected chi connectivity index (χ4v) is 16.4. The van der Waals surface area contributed by atoms with Gasteiger partial charge in [0.1, 0.15) is 72.1 Å². The van der Waals surface area contributed by atoms with E-state index in [1.54, 1.807) is 91.9 Å². The summed E-state index contributed by atoms with van der Waals surface area (Å²) in [6, 6.07) is 45.9. The zero-order valence-corrected chi connectivity index (χ0v) is 80.7. The molecule has 4 aliphatic heterocycles. The number of amides is 8. The van der Waals surface area contributed by atoms with Gasteiger partial charge < -0.3 is 100 Å². The Labute approximate surface area is 848 Å². The Morgan fingerprint density at radius 3 is 1.20 bits per heavy atom. The summed E-state index contributed by atoms with van der Waals surface area (Å²) >= 11 is 0. The van der Waals surface area contributed by atoms with Crippen LogP contribution in [0.3, 0.4) is 0 Å². The zero-order chi connectivity index (χ0) is 107. The smallest absolute Gasteiger partial charge is 0.323 e. The highest BCUT2D eigenvalue weighted by Crippen LogP contribution is 2.48. The van der Waals surface area contributed by atoms with Crippen LogP contribution < -0.4 is 51.7 Å². The van der Waals surface area contributed by atoms with E-state index in [4.69, 9.17) is 54.5 Å². The molecule has 38 nitrogen and oxygen atoms in total. The van der Waals surface area contributed by atoms with Crippen LogP contribution in [0.25, 0.3) is 44.8 Å². The number of aromatic nitrogens is 4. The number of nitrogens with one attached hydrogen (secondary N) is 4. The second-order valence-electron chi connectivity index (χ2n) is 37.0. The maximum absolute atomic E-state index is 14.9. The van der Waals surface area contributed by atoms with Crippen LogP contribution >= 0.6 is 0 Å². The second kappa shape index (κ2) is 48.1. The number of nitrogens with two attached hydrogens (primary N) is 2. The van der Waals surface area contributed by atoms with Gasteiger partial charge in [-0.2, -0.15) is 21.0 Å². The number of hydrogen-bond donors (Lipinski definition) is 9. The molecule has 4 saturated carbocycles. The largest absolute Gasteiger partial charge is 0.486 e. The fourth-order valence-electron chi connectivity index (χ4n) is 16.4. The van der Waals surface area contributed by atoms with Gasteiger partial charge in [0.25, 0.3) is 17.7 Å². The predicted octanol–water partition coefficient (Wildman–Crippen LogP) is 10.5. The third-order valence-corrected chi connectivity index (χ3v) is 25.4. The van der Waals surface area contributed by atoms with Gasteiger partial charge in [-0.05, 0) is 190 Å². The van der Waals surface area contributed by atoms with Crippen LogP contribution in [0.5, 0.6) is 23.0 Å². The number of benzene rings is 6. The number of aliphatic hydroxyl groups excluding tert-OH is 3. The molecule has 4 saturated heterocycles. The normalized spacial score (nSPS) is 20.2. The molecule has 0 unspecified atom stereocenters. The van der Waals surface area contributed by atoms with Crippen molar-refractivity contribution in [2.45, 2.75) is 164 Å². The van der Waals surface area contributed by atoms with E-state index in [2.05, 4.69) is 47.5 Å². The minimum atomic E-state index is -3.43. The summed E-state index contributed by atoms with van der Waals surface area (Å²) in [4.78, 5) is 132. The lowest BCUT2D eigenvalue weighted by Gasteiger charge is -2.38. The van der Waals surface area contributed by atoms with Crippen molar-refractivity contribution in [2.24, 2.45) is 35.1 Å². The lowest BCUT2D eigenvalue weighted by Crippen LogP contribution is -2.57. The van der Waals surface area contributed by atoms with Gasteiger partial charge in [-0.15, -0.1) is 10.2 Å². The summed E-state index contributed by atoms with van der Waals surface area (Å²) < 4.78 is 141. The summed E-state index contributed by atoms with van der Waals surface area (Å²) in [6.45, 7) is -1.28. The molecule has 7 heterocycles. The first-order valence-electron chi connectivity index (χ1n) is 47.9. The van der Waals surface area contributed by atoms with E-state index < -0.39 is 148 Å². The van der Waals surface area contributed by atoms with Crippen LogP contribution in [0.15, 0.2) is 162 Å². The number of aliphatic hydroxyl groups is 3. The Morgan fingerprint density at radius 1 is 0.463 bits per heavy atom. The van der Waals surface area contributed by atoms with E-state index in [0.717, 1.165) is 69.9 Å². The van der Waals surface area contributed by atoms with Crippen LogP contribution in [0, 0.1) is 75.9 Å². The van der Waals surface area contributed by atoms with E-state index >= 15 is 0 Å². The molecule has 780 valence electrons. The number of ether oxygens (including phenoxy) is 6. The van der Waals surface area contributed by atoms with Gasteiger partial charge >= 0.3 is 29.7 Å². The summed E-state index contributed by atoms with van der Waals surface area (Å²) in [5.41, 5.74) is 18.5. The lowest BCUT2D eigenvalue weighted by molar-refractivity contribution is -0.167. The monoisotopic (exact) mass is 2060 g/mol. The van der Waals surface area contributed by atoms with Crippen molar-refractivity contribution >= 4 is 81.9 Å². The average Bonchev–Trinajstić information content (AvgIpc) is 1.65. The number of anilines is 4. The molecule has 9 aromatic rings. The zero-order valence-electron chi connectivity index (χ0n) is 80.7. The van der Waals surface area contributed by atoms with Crippen molar-refractivity contribution in [2.75, 3.05) is 100 Å². The molecular formula is C104H105F7N18O20. The molecule has 6 aromatic carbocycles. The predicted molar refractivity (Wildman–Crippen MR) is 516 cm³/mol. The van der Waals surface area contributed by atoms with Crippen molar-refractivity contribution in [1.29, 1.82) is 21.0 Å². The maximum Gasteiger partial charge on any atom is 0.323 e. The molecule has 11 N–H and O–H groups in total. The summed E-state index contributed by atoms with van der Waals surface area (Å²) in [6.07, 6.45) is -0.127. The molecule has 10 atom stereocenters. The first-order valence-corrected chi connectivity index (χ1v) is 47.9. The number of nitrogens with zero attached hydrogens (tertiary/aromatic N) is 12. The number of aryl methyl sites for hydroxylation is 1. The van der Waals surface area contributed by atoms with Crippen molar-refractivity contribution in [3.8, 4) is 92.0 Å². The minimum Gasteiger partial charge on any atom is -0.486 e. The number of halogens is 7. The molecule has 0 bridgehead atoms. The molecular weight excluding hydrogens is 1950 g/mol. The second-order valence-corrected chi connectivity index (χ2v) is 37.0. The van der Waals surface area contributed by atoms with Gasteiger partial charge in [0.15, 0.2) is 43.8 Å². The molecule has 0 spiro atoms. The molecule has 4 aliphatic carbocycles. The molecule has 0 radical (unpaired) electrons. The number of carbonyl (C=O) groups is 10. The highest BCUT2D eigenvalue weighted by molar-refractivity contribution is 5.98. The Bertz CT molecular complexity index is 6480. The molecule has 8 fully saturated rings. The molecule has 3 aromatic heterocycles. The standard InChI is InChI=1S/C27H26FN5O5.2C26H27F2N5O5.C25H25F2N3O5/c1-15-31-32-27(37-15)21-11-20(21)26(36)30-19-4-2-3-16(10-19)17-5-6-23(18(9-17)12-29)38-24-7-8-33(13-22(24)28)25(35)14-34;2*1-15(30)25(36)37-13-23(34)33-9-7-22(26(27,28)14-33)38-21-5-4-17(10-18(21)12-29)20-11-19(6-8-31-20)32-24(35)16-2-3-16;26-25(27)14-30(24(34)20(32)13-31)9-8-22(25)35-21-7-6-17(10-18(21)12-28)16-2-1-3-19(11-16)29-23(33)15-4-5-15/h2-6,9-10,20-22,24,34H,7-8,11,13-14H2,1H3,(H,30,36);2*4-6,8,10-11,15-16,22H,2-3,7,9,13-14,30H2,1H3,(H,31,32,35);1-3,6-7,10-11,15,20,22,31-32H,4-5,8-9,13-14H2,(H,29,33)/t20-,21-,22-,24+;15-,22+;15-,22-;20-,22-/m1100/s1. The van der Waals surface area contributed by atoms with Crippen molar-refractivity contribution in [3.05, 3.63) is 192 Å². The minimum absolute atomic E-state index is 0.00529. The van der Waals surface area contributed by atoms with E-state index in [1.807, 2.05) is 42.5 Å². The van der Waals surface area contributed by atoms with Gasteiger partial charge in [-0.1, -0.05) is 36.4 Å². The van der Waals surface area contributed by atoms with Crippen LogP contribution in [-0.4, -0.2) is 260 Å². The number of carbonyl (C=O) groups excluding carboxylic acids is 10. The number of hydrogen-bond acceptors (Lipinski definition) is 30. The number of likely N-dealkylation sites (tertiary alicyclic amines) is 4. The molecule has 8 aliphatic rings. The molecule has 8 amide bonds. The van der Waals surface area contributed by atoms with Crippen LogP contribution in [0.2, 0.25) is 0 Å². The van der Waals surface area contributed by atoms with E-state index in [1.165, 1.54) is 67.5 Å². The third kappa shape index (κ3) is 28.6. The topological polar surface area (TPSA) is 560 Å². The van der Waals surface area contributed by atoms with Gasteiger partial charge in [-0.25, -0.2) is 30.7 Å². The van der Waals surface area contributed by atoms with Gasteiger partial charge in [0, 0.05) is 129 Å². The number of piperidine rings is 4. The Morgan fingerprint density at radius 2 is 0.832 bits per heavy atom. The van der Waals surface area contributed by atoms with Crippen LogP contribution in [0.1, 0.15) is 124 Å². The van der Waals surface area contributed by atoms with Gasteiger partial charge in [0.05, 0.1) is 72.3 Å². The quantitative estimate of drug-likeness (QED) is 0.0149. The molecule has 149 heavy (non-hydrogen) atoms. The highest BCUT2D eigenvalue weighted by atomic mass is 19.3. The third-order valence-electron chi connectivity index (χ3n) is 25.4. The summed E-state index contributed by atoms with van der Waals surface area (Å²) in [7, 11) is 0. The van der Waals surface area contributed by atoms with Crippen molar-refractivity contribution < 1.29 is 127 Å². The molecule has 45 heteroatoms. The maximum atomic E-state index is 14.9. The fraction of sp³-hybridized carbons (Fsp3) is 0.404. The van der Waals surface area contributed by atoms with E-state index in [-0.39, 0.29) is 157 Å². The lowest BCUT2D eigenvalue weighted by atomic mass is 10.0. The molecule has 17 rings (SSSR count). The Balaban J connectivity index is 0.000000157.